The molecule has 0 heterocycles. The zero-order valence-electron chi connectivity index (χ0n) is 11.2. The summed E-state index contributed by atoms with van der Waals surface area (Å²) in [6.07, 6.45) is 0. The van der Waals surface area contributed by atoms with E-state index in [1.807, 2.05) is 37.3 Å². The molecule has 6 heteroatoms. The first-order valence-electron chi connectivity index (χ1n) is 6.18. The molecule has 0 bridgehead atoms. The quantitative estimate of drug-likeness (QED) is 0.484. The Hall–Kier alpha value is -1.62. The molecule has 0 unspecified atom stereocenters. The van der Waals surface area contributed by atoms with Gasteiger partial charge in [0.1, 0.15) is 0 Å². The second-order valence-electron chi connectivity index (χ2n) is 4.25. The van der Waals surface area contributed by atoms with Crippen molar-refractivity contribution in [2.45, 2.75) is 6.92 Å². The van der Waals surface area contributed by atoms with Gasteiger partial charge in [-0.05, 0) is 42.9 Å². The number of hydrogen-bond donors (Lipinski definition) is 2. The smallest absolute Gasteiger partial charge is 0.191 e. The van der Waals surface area contributed by atoms with E-state index in [2.05, 4.69) is 15.8 Å². The fraction of sp³-hybridized carbons (Fsp3) is 0.0667. The van der Waals surface area contributed by atoms with Crippen LogP contribution < -0.4 is 10.7 Å². The molecule has 0 saturated heterocycles. The SMILES string of the molecule is CC(=NNC(=S)Nc1ccc(Cl)cc1Cl)c1ccccc1. The van der Waals surface area contributed by atoms with E-state index >= 15 is 0 Å². The molecule has 0 aromatic heterocycles. The summed E-state index contributed by atoms with van der Waals surface area (Å²) in [5, 5.41) is 8.62. The van der Waals surface area contributed by atoms with E-state index < -0.39 is 0 Å². The van der Waals surface area contributed by atoms with Crippen LogP contribution in [0.2, 0.25) is 10.0 Å². The van der Waals surface area contributed by atoms with Gasteiger partial charge in [0.15, 0.2) is 5.11 Å². The minimum absolute atomic E-state index is 0.356. The van der Waals surface area contributed by atoms with Crippen LogP contribution in [-0.2, 0) is 0 Å². The summed E-state index contributed by atoms with van der Waals surface area (Å²) < 4.78 is 0. The maximum Gasteiger partial charge on any atom is 0.191 e. The number of nitrogens with zero attached hydrogens (tertiary/aromatic N) is 1. The van der Waals surface area contributed by atoms with Crippen molar-refractivity contribution in [3.8, 4) is 0 Å². The second-order valence-corrected chi connectivity index (χ2v) is 5.51. The van der Waals surface area contributed by atoms with Crippen molar-refractivity contribution in [2.75, 3.05) is 5.32 Å². The van der Waals surface area contributed by atoms with Crippen LogP contribution in [0.25, 0.3) is 0 Å². The summed E-state index contributed by atoms with van der Waals surface area (Å²) in [5.74, 6) is 0. The highest BCUT2D eigenvalue weighted by atomic mass is 35.5. The minimum atomic E-state index is 0.356. The molecule has 0 atom stereocenters. The Morgan fingerprint density at radius 1 is 1.10 bits per heavy atom. The van der Waals surface area contributed by atoms with Gasteiger partial charge in [-0.25, -0.2) is 0 Å². The maximum atomic E-state index is 6.06. The van der Waals surface area contributed by atoms with Gasteiger partial charge in [-0.3, -0.25) is 5.43 Å². The van der Waals surface area contributed by atoms with Gasteiger partial charge in [0.25, 0.3) is 0 Å². The van der Waals surface area contributed by atoms with Gasteiger partial charge in [0.2, 0.25) is 0 Å². The van der Waals surface area contributed by atoms with Crippen molar-refractivity contribution in [1.29, 1.82) is 0 Å². The molecule has 2 rings (SSSR count). The van der Waals surface area contributed by atoms with Crippen molar-refractivity contribution in [2.24, 2.45) is 5.10 Å². The van der Waals surface area contributed by atoms with E-state index in [1.165, 1.54) is 0 Å². The fourth-order valence-corrected chi connectivity index (χ4v) is 2.23. The predicted octanol–water partition coefficient (Wildman–Crippen LogP) is 4.70. The number of thiocarbonyl (C=S) groups is 1. The van der Waals surface area contributed by atoms with Crippen LogP contribution in [-0.4, -0.2) is 10.8 Å². The van der Waals surface area contributed by atoms with Gasteiger partial charge in [0.05, 0.1) is 16.4 Å². The molecule has 2 aromatic rings. The van der Waals surface area contributed by atoms with Crippen LogP contribution in [0.3, 0.4) is 0 Å². The molecule has 2 aromatic carbocycles. The van der Waals surface area contributed by atoms with Crippen LogP contribution in [0.5, 0.6) is 0 Å². The number of halogens is 2. The predicted molar refractivity (Wildman–Crippen MR) is 94.5 cm³/mol. The Balaban J connectivity index is 1.99. The molecule has 108 valence electrons. The molecule has 0 fully saturated rings. The molecule has 0 amide bonds. The summed E-state index contributed by atoms with van der Waals surface area (Å²) in [5.41, 5.74) is 5.32. The lowest BCUT2D eigenvalue weighted by Gasteiger charge is -2.09. The molecule has 0 saturated carbocycles. The Bertz CT molecular complexity index is 672. The summed E-state index contributed by atoms with van der Waals surface area (Å²) in [4.78, 5) is 0. The van der Waals surface area contributed by atoms with E-state index in [1.54, 1.807) is 18.2 Å². The van der Waals surface area contributed by atoms with Gasteiger partial charge in [-0.15, -0.1) is 0 Å². The first-order valence-corrected chi connectivity index (χ1v) is 7.34. The normalized spacial score (nSPS) is 11.1. The molecular formula is C15H13Cl2N3S. The Morgan fingerprint density at radius 2 is 1.81 bits per heavy atom. The van der Waals surface area contributed by atoms with E-state index in [0.29, 0.717) is 20.8 Å². The average molecular weight is 338 g/mol. The first kappa shape index (κ1) is 15.8. The molecule has 0 aliphatic carbocycles. The van der Waals surface area contributed by atoms with Gasteiger partial charge < -0.3 is 5.32 Å². The largest absolute Gasteiger partial charge is 0.330 e. The van der Waals surface area contributed by atoms with Crippen molar-refractivity contribution >= 4 is 51.9 Å². The summed E-state index contributed by atoms with van der Waals surface area (Å²) in [6, 6.07) is 15.0. The van der Waals surface area contributed by atoms with Gasteiger partial charge in [-0.2, -0.15) is 5.10 Å². The van der Waals surface area contributed by atoms with Crippen molar-refractivity contribution in [1.82, 2.24) is 5.43 Å². The monoisotopic (exact) mass is 337 g/mol. The highest BCUT2D eigenvalue weighted by Crippen LogP contribution is 2.25. The fourth-order valence-electron chi connectivity index (χ4n) is 1.62. The number of nitrogens with one attached hydrogen (secondary N) is 2. The van der Waals surface area contributed by atoms with Crippen molar-refractivity contribution in [3.05, 3.63) is 64.1 Å². The summed E-state index contributed by atoms with van der Waals surface area (Å²) in [7, 11) is 0. The zero-order valence-corrected chi connectivity index (χ0v) is 13.6. The highest BCUT2D eigenvalue weighted by molar-refractivity contribution is 7.80. The Morgan fingerprint density at radius 3 is 2.48 bits per heavy atom. The topological polar surface area (TPSA) is 36.4 Å². The first-order chi connectivity index (χ1) is 10.1. The standard InChI is InChI=1S/C15H13Cl2N3S/c1-10(11-5-3-2-4-6-11)19-20-15(21)18-14-8-7-12(16)9-13(14)17/h2-9H,1H3,(H2,18,20,21). The third kappa shape index (κ3) is 4.70. The van der Waals surface area contributed by atoms with Crippen LogP contribution >= 0.6 is 35.4 Å². The molecule has 0 aliphatic heterocycles. The third-order valence-corrected chi connectivity index (χ3v) is 3.44. The maximum absolute atomic E-state index is 6.06. The minimum Gasteiger partial charge on any atom is -0.330 e. The number of hydrazone groups is 1. The number of anilines is 1. The van der Waals surface area contributed by atoms with Crippen LogP contribution in [0, 0.1) is 0 Å². The Kier molecular flexibility index (Phi) is 5.56. The number of benzene rings is 2. The molecule has 0 radical (unpaired) electrons. The summed E-state index contributed by atoms with van der Waals surface area (Å²) in [6.45, 7) is 1.90. The lowest BCUT2D eigenvalue weighted by Crippen LogP contribution is -2.25. The zero-order chi connectivity index (χ0) is 15.2. The van der Waals surface area contributed by atoms with Gasteiger partial charge in [0, 0.05) is 5.02 Å². The number of hydrogen-bond acceptors (Lipinski definition) is 2. The summed E-state index contributed by atoms with van der Waals surface area (Å²) >= 11 is 17.1. The lowest BCUT2D eigenvalue weighted by atomic mass is 10.1. The molecule has 21 heavy (non-hydrogen) atoms. The molecule has 0 aliphatic rings. The van der Waals surface area contributed by atoms with Crippen molar-refractivity contribution < 1.29 is 0 Å². The molecular weight excluding hydrogens is 325 g/mol. The van der Waals surface area contributed by atoms with Crippen LogP contribution in [0.1, 0.15) is 12.5 Å². The van der Waals surface area contributed by atoms with Gasteiger partial charge >= 0.3 is 0 Å². The van der Waals surface area contributed by atoms with Gasteiger partial charge in [-0.1, -0.05) is 53.5 Å². The van der Waals surface area contributed by atoms with Crippen LogP contribution in [0.4, 0.5) is 5.69 Å². The third-order valence-electron chi connectivity index (χ3n) is 2.70. The highest BCUT2D eigenvalue weighted by Gasteiger charge is 2.03. The Labute approximate surface area is 139 Å². The molecule has 0 spiro atoms. The lowest BCUT2D eigenvalue weighted by molar-refractivity contribution is 1.04. The van der Waals surface area contributed by atoms with E-state index in [-0.39, 0.29) is 0 Å². The molecule has 2 N–H and O–H groups in total. The number of rotatable bonds is 3. The van der Waals surface area contributed by atoms with E-state index in [4.69, 9.17) is 35.4 Å². The van der Waals surface area contributed by atoms with E-state index in [9.17, 15) is 0 Å². The second kappa shape index (κ2) is 7.41. The average Bonchev–Trinajstić information content (AvgIpc) is 2.48. The van der Waals surface area contributed by atoms with E-state index in [0.717, 1.165) is 11.3 Å². The molecule has 3 nitrogen and oxygen atoms in total. The van der Waals surface area contributed by atoms with Crippen molar-refractivity contribution in [3.63, 3.8) is 0 Å². The van der Waals surface area contributed by atoms with Crippen LogP contribution in [0.15, 0.2) is 53.6 Å².